The molecule has 0 aliphatic heterocycles. The summed E-state index contributed by atoms with van der Waals surface area (Å²) in [6, 6.07) is 1.99. The molecule has 1 aliphatic carbocycles. The maximum absolute atomic E-state index is 6.06. The number of aromatic nitrogens is 1. The molecule has 0 radical (unpaired) electrons. The second-order valence-corrected chi connectivity index (χ2v) is 4.81. The number of alkyl halides is 1. The molecule has 0 amide bonds. The van der Waals surface area contributed by atoms with Crippen LogP contribution < -0.4 is 0 Å². The molecule has 1 aromatic heterocycles. The van der Waals surface area contributed by atoms with E-state index in [-0.39, 0.29) is 0 Å². The second-order valence-electron chi connectivity index (χ2n) is 4.13. The average Bonchev–Trinajstić information content (AvgIpc) is 2.14. The minimum Gasteiger partial charge on any atom is -0.263 e. The Morgan fingerprint density at radius 2 is 2.21 bits per heavy atom. The first-order valence-corrected chi connectivity index (χ1v) is 5.81. The Kier molecular flexibility index (Phi) is 2.99. The molecule has 1 saturated carbocycles. The molecule has 0 spiro atoms. The Labute approximate surface area is 94.4 Å². The van der Waals surface area contributed by atoms with Gasteiger partial charge in [0.15, 0.2) is 0 Å². The monoisotopic (exact) mass is 229 g/mol. The van der Waals surface area contributed by atoms with Crippen LogP contribution in [0.15, 0.2) is 18.5 Å². The van der Waals surface area contributed by atoms with Crippen molar-refractivity contribution in [3.05, 3.63) is 29.0 Å². The lowest BCUT2D eigenvalue weighted by atomic mass is 9.67. The normalized spacial score (nSPS) is 19.0. The van der Waals surface area contributed by atoms with Crippen molar-refractivity contribution in [2.45, 2.75) is 25.7 Å². The summed E-state index contributed by atoms with van der Waals surface area (Å²) >= 11 is 12.1. The summed E-state index contributed by atoms with van der Waals surface area (Å²) in [5.74, 6) is 0.742. The molecule has 1 heterocycles. The van der Waals surface area contributed by atoms with Gasteiger partial charge in [0.1, 0.15) is 0 Å². The lowest BCUT2D eigenvalue weighted by molar-refractivity contribution is 0.166. The molecule has 0 unspecified atom stereocenters. The first kappa shape index (κ1) is 10.3. The van der Waals surface area contributed by atoms with Crippen LogP contribution in [-0.4, -0.2) is 10.9 Å². The summed E-state index contributed by atoms with van der Waals surface area (Å²) in [6.45, 7) is 0. The van der Waals surface area contributed by atoms with Crippen molar-refractivity contribution in [2.75, 3.05) is 5.88 Å². The number of rotatable bonds is 3. The number of halogens is 2. The van der Waals surface area contributed by atoms with Gasteiger partial charge in [0.2, 0.25) is 0 Å². The molecule has 1 nitrogen and oxygen atoms in total. The molecule has 0 N–H and O–H groups in total. The van der Waals surface area contributed by atoms with E-state index in [1.807, 2.05) is 6.07 Å². The smallest absolute Gasteiger partial charge is 0.0621 e. The molecule has 1 aliphatic rings. The highest BCUT2D eigenvalue weighted by molar-refractivity contribution is 6.31. The van der Waals surface area contributed by atoms with E-state index in [1.54, 1.807) is 12.4 Å². The summed E-state index contributed by atoms with van der Waals surface area (Å²) in [4.78, 5) is 3.98. The van der Waals surface area contributed by atoms with Crippen LogP contribution in [0.5, 0.6) is 0 Å². The van der Waals surface area contributed by atoms with Gasteiger partial charge in [0.05, 0.1) is 5.02 Å². The van der Waals surface area contributed by atoms with Crippen LogP contribution in [0.4, 0.5) is 0 Å². The van der Waals surface area contributed by atoms with E-state index in [9.17, 15) is 0 Å². The molecule has 1 aromatic rings. The molecule has 1 fully saturated rings. The van der Waals surface area contributed by atoms with Crippen LogP contribution in [0.1, 0.15) is 24.8 Å². The lowest BCUT2D eigenvalue weighted by Gasteiger charge is -2.40. The number of pyridine rings is 1. The van der Waals surface area contributed by atoms with E-state index >= 15 is 0 Å². The zero-order chi connectivity index (χ0) is 10.0. The topological polar surface area (TPSA) is 12.9 Å². The van der Waals surface area contributed by atoms with Gasteiger partial charge >= 0.3 is 0 Å². The number of nitrogens with zero attached hydrogens (tertiary/aromatic N) is 1. The summed E-state index contributed by atoms with van der Waals surface area (Å²) < 4.78 is 0. The predicted octanol–water partition coefficient (Wildman–Crippen LogP) is 3.69. The fourth-order valence-corrected chi connectivity index (χ4v) is 2.53. The highest BCUT2D eigenvalue weighted by atomic mass is 35.5. The van der Waals surface area contributed by atoms with E-state index in [1.165, 1.54) is 24.8 Å². The van der Waals surface area contributed by atoms with Crippen LogP contribution >= 0.6 is 23.2 Å². The first-order chi connectivity index (χ1) is 6.76. The van der Waals surface area contributed by atoms with Crippen molar-refractivity contribution < 1.29 is 0 Å². The van der Waals surface area contributed by atoms with E-state index < -0.39 is 0 Å². The lowest BCUT2D eigenvalue weighted by Crippen LogP contribution is -2.33. The van der Waals surface area contributed by atoms with Gasteiger partial charge in [-0.25, -0.2) is 0 Å². The predicted molar refractivity (Wildman–Crippen MR) is 60.0 cm³/mol. The summed E-state index contributed by atoms with van der Waals surface area (Å²) in [6.07, 6.45) is 8.26. The zero-order valence-electron chi connectivity index (χ0n) is 7.97. The third-order valence-electron chi connectivity index (χ3n) is 3.12. The Balaban J connectivity index is 2.13. The molecule has 0 bridgehead atoms. The third kappa shape index (κ3) is 1.89. The summed E-state index contributed by atoms with van der Waals surface area (Å²) in [5, 5.41) is 0.767. The largest absolute Gasteiger partial charge is 0.263 e. The minimum atomic E-state index is 0.312. The molecule has 14 heavy (non-hydrogen) atoms. The summed E-state index contributed by atoms with van der Waals surface area (Å²) in [5.41, 5.74) is 1.49. The van der Waals surface area contributed by atoms with Crippen molar-refractivity contribution in [1.29, 1.82) is 0 Å². The highest BCUT2D eigenvalue weighted by Gasteiger charge is 2.36. The fraction of sp³-hybridized carbons (Fsp3) is 0.545. The molecule has 2 rings (SSSR count). The van der Waals surface area contributed by atoms with Crippen molar-refractivity contribution in [1.82, 2.24) is 4.98 Å². The van der Waals surface area contributed by atoms with Crippen molar-refractivity contribution in [3.63, 3.8) is 0 Å². The van der Waals surface area contributed by atoms with Crippen LogP contribution in [0.3, 0.4) is 0 Å². The average molecular weight is 230 g/mol. The van der Waals surface area contributed by atoms with Crippen LogP contribution in [0.2, 0.25) is 5.02 Å². The highest BCUT2D eigenvalue weighted by Crippen LogP contribution is 2.45. The van der Waals surface area contributed by atoms with Gasteiger partial charge in [-0.3, -0.25) is 4.98 Å². The van der Waals surface area contributed by atoms with Crippen molar-refractivity contribution in [2.24, 2.45) is 5.41 Å². The van der Waals surface area contributed by atoms with E-state index in [0.717, 1.165) is 17.3 Å². The van der Waals surface area contributed by atoms with Crippen LogP contribution in [0, 0.1) is 5.41 Å². The molecule has 76 valence electrons. The Bertz CT molecular complexity index is 315. The molecule has 0 aromatic carbocycles. The third-order valence-corrected chi connectivity index (χ3v) is 4.03. The number of hydrogen-bond donors (Lipinski definition) is 0. The molecule has 0 saturated heterocycles. The maximum Gasteiger partial charge on any atom is 0.0621 e. The van der Waals surface area contributed by atoms with Gasteiger partial charge in [-0.05, 0) is 36.3 Å². The Morgan fingerprint density at radius 3 is 2.71 bits per heavy atom. The number of hydrogen-bond acceptors (Lipinski definition) is 1. The quantitative estimate of drug-likeness (QED) is 0.721. The van der Waals surface area contributed by atoms with E-state index in [0.29, 0.717) is 5.41 Å². The van der Waals surface area contributed by atoms with E-state index in [4.69, 9.17) is 23.2 Å². The van der Waals surface area contributed by atoms with Gasteiger partial charge < -0.3 is 0 Å². The fourth-order valence-electron chi connectivity index (χ4n) is 1.99. The van der Waals surface area contributed by atoms with Gasteiger partial charge in [0, 0.05) is 18.3 Å². The van der Waals surface area contributed by atoms with Crippen molar-refractivity contribution in [3.8, 4) is 0 Å². The molecular formula is C11H13Cl2N. The van der Waals surface area contributed by atoms with Crippen LogP contribution in [-0.2, 0) is 6.42 Å². The molecule has 0 atom stereocenters. The summed E-state index contributed by atoms with van der Waals surface area (Å²) in [7, 11) is 0. The van der Waals surface area contributed by atoms with Gasteiger partial charge in [0.25, 0.3) is 0 Å². The molecular weight excluding hydrogens is 217 g/mol. The SMILES string of the molecule is ClCC1(Cc2ccncc2Cl)CCC1. The molecule has 3 heteroatoms. The Hall–Kier alpha value is -0.270. The maximum atomic E-state index is 6.06. The minimum absolute atomic E-state index is 0.312. The Morgan fingerprint density at radius 1 is 1.43 bits per heavy atom. The standard InChI is InChI=1S/C11H13Cl2N/c12-8-11(3-1-4-11)6-9-2-5-14-7-10(9)13/h2,5,7H,1,3-4,6,8H2. The van der Waals surface area contributed by atoms with Crippen LogP contribution in [0.25, 0.3) is 0 Å². The van der Waals surface area contributed by atoms with Crippen molar-refractivity contribution >= 4 is 23.2 Å². The van der Waals surface area contributed by atoms with Gasteiger partial charge in [-0.1, -0.05) is 18.0 Å². The van der Waals surface area contributed by atoms with Gasteiger partial charge in [-0.2, -0.15) is 0 Å². The first-order valence-electron chi connectivity index (χ1n) is 4.90. The second kappa shape index (κ2) is 4.08. The zero-order valence-corrected chi connectivity index (χ0v) is 9.48. The van der Waals surface area contributed by atoms with Gasteiger partial charge in [-0.15, -0.1) is 11.6 Å². The van der Waals surface area contributed by atoms with E-state index in [2.05, 4.69) is 4.98 Å².